The Morgan fingerprint density at radius 2 is 1.76 bits per heavy atom. The maximum absolute atomic E-state index is 13.0. The van der Waals surface area contributed by atoms with Gasteiger partial charge in [-0.2, -0.15) is 13.2 Å². The summed E-state index contributed by atoms with van der Waals surface area (Å²) in [6.45, 7) is 1.74. The molecule has 1 aliphatic carbocycles. The zero-order valence-electron chi connectivity index (χ0n) is 16.2. The largest absolute Gasteiger partial charge is 0.497 e. The van der Waals surface area contributed by atoms with Crippen LogP contribution in [0.25, 0.3) is 5.57 Å². The molecule has 0 fully saturated rings. The summed E-state index contributed by atoms with van der Waals surface area (Å²) in [4.78, 5) is 12.4. The first-order valence-corrected chi connectivity index (χ1v) is 9.30. The molecule has 1 unspecified atom stereocenters. The molecule has 0 spiro atoms. The van der Waals surface area contributed by atoms with Gasteiger partial charge in [-0.3, -0.25) is 4.79 Å². The van der Waals surface area contributed by atoms with Crippen LogP contribution in [0, 0.1) is 0 Å². The van der Waals surface area contributed by atoms with Crippen LogP contribution in [-0.2, 0) is 16.5 Å². The van der Waals surface area contributed by atoms with Gasteiger partial charge in [-0.25, -0.2) is 0 Å². The minimum atomic E-state index is -4.42. The number of rotatable bonds is 5. The third-order valence-electron chi connectivity index (χ3n) is 5.06. The lowest BCUT2D eigenvalue weighted by Gasteiger charge is -2.39. The van der Waals surface area contributed by atoms with Gasteiger partial charge < -0.3 is 10.1 Å². The van der Waals surface area contributed by atoms with Gasteiger partial charge in [-0.1, -0.05) is 49.4 Å². The molecule has 6 heteroatoms. The first kappa shape index (κ1) is 20.7. The number of hydrogen-bond donors (Lipinski definition) is 1. The Balaban J connectivity index is 2.12. The van der Waals surface area contributed by atoms with Crippen molar-refractivity contribution in [2.24, 2.45) is 0 Å². The van der Waals surface area contributed by atoms with Gasteiger partial charge in [0.25, 0.3) is 0 Å². The zero-order chi connectivity index (χ0) is 21.1. The minimum Gasteiger partial charge on any atom is -0.497 e. The van der Waals surface area contributed by atoms with Gasteiger partial charge in [0, 0.05) is 6.42 Å². The second-order valence-corrected chi connectivity index (χ2v) is 6.82. The molecule has 1 amide bonds. The van der Waals surface area contributed by atoms with E-state index in [1.54, 1.807) is 14.0 Å². The minimum absolute atomic E-state index is 0.181. The monoisotopic (exact) mass is 401 g/mol. The second kappa shape index (κ2) is 8.15. The van der Waals surface area contributed by atoms with Gasteiger partial charge in [0.05, 0.1) is 18.2 Å². The van der Waals surface area contributed by atoms with Crippen LogP contribution in [0.15, 0.2) is 66.8 Å². The molecule has 3 rings (SSSR count). The fraction of sp³-hybridized carbons (Fsp3) is 0.261. The first-order valence-electron chi connectivity index (χ1n) is 9.30. The van der Waals surface area contributed by atoms with Crippen molar-refractivity contribution >= 4 is 11.5 Å². The quantitative estimate of drug-likeness (QED) is 0.721. The number of nitrogens with one attached hydrogen (secondary N) is 1. The summed E-state index contributed by atoms with van der Waals surface area (Å²) in [5.41, 5.74) is 0.578. The van der Waals surface area contributed by atoms with Gasteiger partial charge in [-0.05, 0) is 47.4 Å². The molecule has 0 saturated heterocycles. The molecule has 3 nitrogen and oxygen atoms in total. The van der Waals surface area contributed by atoms with Gasteiger partial charge in [-0.15, -0.1) is 0 Å². The first-order chi connectivity index (χ1) is 13.8. The van der Waals surface area contributed by atoms with Crippen molar-refractivity contribution in [3.63, 3.8) is 0 Å². The van der Waals surface area contributed by atoms with E-state index >= 15 is 0 Å². The molecule has 29 heavy (non-hydrogen) atoms. The highest BCUT2D eigenvalue weighted by atomic mass is 19.4. The van der Waals surface area contributed by atoms with E-state index in [9.17, 15) is 18.0 Å². The van der Waals surface area contributed by atoms with Crippen LogP contribution < -0.4 is 10.1 Å². The highest BCUT2D eigenvalue weighted by molar-refractivity contribution is 5.85. The fourth-order valence-electron chi connectivity index (χ4n) is 3.51. The number of amides is 1. The molecule has 2 aromatic rings. The van der Waals surface area contributed by atoms with E-state index in [4.69, 9.17) is 4.74 Å². The molecule has 2 aromatic carbocycles. The van der Waals surface area contributed by atoms with E-state index < -0.39 is 17.3 Å². The maximum atomic E-state index is 13.0. The van der Waals surface area contributed by atoms with E-state index in [0.717, 1.165) is 23.3 Å². The third-order valence-corrected chi connectivity index (χ3v) is 5.06. The van der Waals surface area contributed by atoms with Crippen LogP contribution in [0.1, 0.15) is 36.5 Å². The third kappa shape index (κ3) is 4.21. The Bertz CT molecular complexity index is 928. The van der Waals surface area contributed by atoms with Crippen LogP contribution in [-0.4, -0.2) is 13.0 Å². The van der Waals surface area contributed by atoms with E-state index in [1.165, 1.54) is 12.1 Å². The molecular weight excluding hydrogens is 379 g/mol. The average Bonchev–Trinajstić information content (AvgIpc) is 2.73. The topological polar surface area (TPSA) is 38.3 Å². The lowest BCUT2D eigenvalue weighted by atomic mass is 9.74. The summed E-state index contributed by atoms with van der Waals surface area (Å²) < 4.78 is 44.3. The van der Waals surface area contributed by atoms with Gasteiger partial charge in [0.1, 0.15) is 5.75 Å². The maximum Gasteiger partial charge on any atom is 0.416 e. The summed E-state index contributed by atoms with van der Waals surface area (Å²) >= 11 is 0. The number of methoxy groups -OCH3 is 1. The number of halogens is 3. The summed E-state index contributed by atoms with van der Waals surface area (Å²) in [5, 5.41) is 3.06. The Labute approximate surface area is 167 Å². The van der Waals surface area contributed by atoms with Crippen molar-refractivity contribution in [2.45, 2.75) is 31.5 Å². The van der Waals surface area contributed by atoms with E-state index in [-0.39, 0.29) is 12.3 Å². The van der Waals surface area contributed by atoms with Gasteiger partial charge >= 0.3 is 6.18 Å². The molecular formula is C23H22F3NO2. The van der Waals surface area contributed by atoms with Crippen molar-refractivity contribution < 1.29 is 22.7 Å². The molecule has 0 saturated carbocycles. The normalized spacial score (nSPS) is 18.9. The van der Waals surface area contributed by atoms with Crippen LogP contribution in [0.4, 0.5) is 13.2 Å². The fourth-order valence-corrected chi connectivity index (χ4v) is 3.51. The summed E-state index contributed by atoms with van der Waals surface area (Å²) in [6, 6.07) is 12.4. The molecule has 0 aliphatic heterocycles. The van der Waals surface area contributed by atoms with E-state index in [0.29, 0.717) is 17.7 Å². The molecule has 1 N–H and O–H groups in total. The second-order valence-electron chi connectivity index (χ2n) is 6.82. The van der Waals surface area contributed by atoms with Crippen molar-refractivity contribution in [3.8, 4) is 5.75 Å². The lowest BCUT2D eigenvalue weighted by molar-refractivity contribution is -0.137. The van der Waals surface area contributed by atoms with Crippen molar-refractivity contribution in [1.82, 2.24) is 5.32 Å². The lowest BCUT2D eigenvalue weighted by Crippen LogP contribution is -2.47. The SMILES string of the molecule is CCC(=O)NC1(c2ccc(C(F)(F)F)cc2)CC=CC=C1c1ccc(OC)cc1. The van der Waals surface area contributed by atoms with Crippen molar-refractivity contribution in [2.75, 3.05) is 7.11 Å². The molecule has 0 radical (unpaired) electrons. The smallest absolute Gasteiger partial charge is 0.416 e. The molecule has 152 valence electrons. The average molecular weight is 401 g/mol. The molecule has 0 heterocycles. The summed E-state index contributed by atoms with van der Waals surface area (Å²) in [6.07, 6.45) is 1.96. The number of alkyl halides is 3. The standard InChI is InChI=1S/C23H22F3NO2/c1-3-21(28)27-22(17-9-11-18(12-10-17)23(24,25)26)15-5-4-6-20(22)16-7-13-19(29-2)14-8-16/h4-14H,3,15H2,1-2H3,(H,27,28). The Hall–Kier alpha value is -3.02. The summed E-state index contributed by atoms with van der Waals surface area (Å²) in [5.74, 6) is 0.512. The summed E-state index contributed by atoms with van der Waals surface area (Å²) in [7, 11) is 1.57. The Kier molecular flexibility index (Phi) is 5.82. The number of carbonyl (C=O) groups excluding carboxylic acids is 1. The Morgan fingerprint density at radius 3 is 2.31 bits per heavy atom. The van der Waals surface area contributed by atoms with Crippen LogP contribution >= 0.6 is 0 Å². The van der Waals surface area contributed by atoms with Gasteiger partial charge in [0.15, 0.2) is 0 Å². The van der Waals surface area contributed by atoms with Crippen LogP contribution in [0.5, 0.6) is 5.75 Å². The molecule has 0 aromatic heterocycles. The number of benzene rings is 2. The number of ether oxygens (including phenoxy) is 1. The predicted molar refractivity (Wildman–Crippen MR) is 106 cm³/mol. The highest BCUT2D eigenvalue weighted by Crippen LogP contribution is 2.43. The van der Waals surface area contributed by atoms with E-state index in [2.05, 4.69) is 5.32 Å². The van der Waals surface area contributed by atoms with E-state index in [1.807, 2.05) is 42.5 Å². The van der Waals surface area contributed by atoms with Crippen molar-refractivity contribution in [3.05, 3.63) is 83.4 Å². The molecule has 0 bridgehead atoms. The zero-order valence-corrected chi connectivity index (χ0v) is 16.2. The number of hydrogen-bond acceptors (Lipinski definition) is 2. The molecule has 1 aliphatic rings. The number of allylic oxidation sites excluding steroid dienone is 2. The van der Waals surface area contributed by atoms with Crippen molar-refractivity contribution in [1.29, 1.82) is 0 Å². The van der Waals surface area contributed by atoms with Gasteiger partial charge in [0.2, 0.25) is 5.91 Å². The predicted octanol–water partition coefficient (Wildman–Crippen LogP) is 5.48. The number of carbonyl (C=O) groups is 1. The molecule has 1 atom stereocenters. The van der Waals surface area contributed by atoms with Crippen LogP contribution in [0.2, 0.25) is 0 Å². The highest BCUT2D eigenvalue weighted by Gasteiger charge is 2.39. The van der Waals surface area contributed by atoms with Crippen LogP contribution in [0.3, 0.4) is 0 Å². The Morgan fingerprint density at radius 1 is 1.10 bits per heavy atom.